The number of rotatable bonds is 2. The Morgan fingerprint density at radius 1 is 1.39 bits per heavy atom. The first-order valence-corrected chi connectivity index (χ1v) is 7.24. The third-order valence-electron chi connectivity index (χ3n) is 3.71. The van der Waals surface area contributed by atoms with Gasteiger partial charge in [-0.2, -0.15) is 5.26 Å². The molecule has 0 bridgehead atoms. The molecule has 0 saturated carbocycles. The summed E-state index contributed by atoms with van der Waals surface area (Å²) in [6.45, 7) is 1.62. The molecule has 8 nitrogen and oxygen atoms in total. The monoisotopic (exact) mass is 312 g/mol. The smallest absolute Gasteiger partial charge is 0.270 e. The summed E-state index contributed by atoms with van der Waals surface area (Å²) in [6.07, 6.45) is 5.62. The van der Waals surface area contributed by atoms with Crippen LogP contribution in [0.3, 0.4) is 0 Å². The van der Waals surface area contributed by atoms with Crippen LogP contribution in [0.1, 0.15) is 16.1 Å². The molecule has 1 atom stereocenters. The zero-order valence-electron chi connectivity index (χ0n) is 12.4. The normalized spacial score (nSPS) is 18.3. The van der Waals surface area contributed by atoms with E-state index in [-0.39, 0.29) is 12.5 Å². The first-order valence-electron chi connectivity index (χ1n) is 7.24. The van der Waals surface area contributed by atoms with Crippen molar-refractivity contribution in [2.75, 3.05) is 31.1 Å². The highest BCUT2D eigenvalue weighted by atomic mass is 16.3. The summed E-state index contributed by atoms with van der Waals surface area (Å²) >= 11 is 0. The van der Waals surface area contributed by atoms with Crippen molar-refractivity contribution >= 4 is 11.7 Å². The molecule has 118 valence electrons. The highest BCUT2D eigenvalue weighted by molar-refractivity contribution is 5.93. The van der Waals surface area contributed by atoms with Gasteiger partial charge in [0.05, 0.1) is 17.9 Å². The summed E-state index contributed by atoms with van der Waals surface area (Å²) in [6, 6.07) is 3.49. The van der Waals surface area contributed by atoms with E-state index >= 15 is 0 Å². The number of aromatic nitrogens is 3. The Labute approximate surface area is 133 Å². The summed E-state index contributed by atoms with van der Waals surface area (Å²) < 4.78 is 0. The second-order valence-electron chi connectivity index (χ2n) is 5.33. The zero-order chi connectivity index (χ0) is 16.2. The van der Waals surface area contributed by atoms with E-state index in [2.05, 4.69) is 15.0 Å². The lowest BCUT2D eigenvalue weighted by Gasteiger charge is -2.22. The topological polar surface area (TPSA) is 109 Å². The predicted molar refractivity (Wildman–Crippen MR) is 81.7 cm³/mol. The largest absolute Gasteiger partial charge is 0.389 e. The summed E-state index contributed by atoms with van der Waals surface area (Å²) in [7, 11) is 0. The standard InChI is InChI=1S/C15H16N6O2/c16-6-11-5-13(19-7-11)15(23)21-4-3-20(9-12(22)10-21)14-8-17-1-2-18-14/h1-2,5,7-8,12,19,22H,3-4,9-10H2. The van der Waals surface area contributed by atoms with Gasteiger partial charge in [0, 0.05) is 44.8 Å². The Morgan fingerprint density at radius 2 is 2.26 bits per heavy atom. The molecule has 1 aliphatic rings. The van der Waals surface area contributed by atoms with Crippen molar-refractivity contribution in [3.63, 3.8) is 0 Å². The first kappa shape index (κ1) is 15.0. The van der Waals surface area contributed by atoms with Gasteiger partial charge in [0.15, 0.2) is 0 Å². The molecular formula is C15H16N6O2. The number of H-pyrrole nitrogens is 1. The molecule has 0 aliphatic carbocycles. The minimum absolute atomic E-state index is 0.230. The van der Waals surface area contributed by atoms with E-state index in [0.717, 1.165) is 0 Å². The number of β-amino-alcohol motifs (C(OH)–C–C–N with tert-alkyl or cyclic N) is 1. The second-order valence-corrected chi connectivity index (χ2v) is 5.33. The van der Waals surface area contributed by atoms with Crippen molar-refractivity contribution in [1.82, 2.24) is 19.9 Å². The van der Waals surface area contributed by atoms with E-state index in [1.807, 2.05) is 11.0 Å². The van der Waals surface area contributed by atoms with Gasteiger partial charge in [-0.15, -0.1) is 0 Å². The number of aliphatic hydroxyl groups is 1. The molecule has 1 amide bonds. The Balaban J connectivity index is 1.73. The number of carbonyl (C=O) groups excluding carboxylic acids is 1. The Bertz CT molecular complexity index is 723. The van der Waals surface area contributed by atoms with Crippen LogP contribution >= 0.6 is 0 Å². The highest BCUT2D eigenvalue weighted by Crippen LogP contribution is 2.14. The second kappa shape index (κ2) is 6.46. The first-order chi connectivity index (χ1) is 11.2. The molecule has 1 saturated heterocycles. The number of amides is 1. The van der Waals surface area contributed by atoms with Gasteiger partial charge in [-0.3, -0.25) is 9.78 Å². The SMILES string of the molecule is N#Cc1c[nH]c(C(=O)N2CCN(c3cnccn3)CC(O)C2)c1. The van der Waals surface area contributed by atoms with Crippen LogP contribution in [-0.4, -0.2) is 63.1 Å². The van der Waals surface area contributed by atoms with Crippen molar-refractivity contribution in [2.45, 2.75) is 6.10 Å². The zero-order valence-corrected chi connectivity index (χ0v) is 12.4. The molecule has 0 radical (unpaired) electrons. The number of carbonyl (C=O) groups is 1. The molecule has 1 fully saturated rings. The van der Waals surface area contributed by atoms with E-state index in [4.69, 9.17) is 5.26 Å². The number of hydrogen-bond donors (Lipinski definition) is 2. The fraction of sp³-hybridized carbons (Fsp3) is 0.333. The van der Waals surface area contributed by atoms with Gasteiger partial charge >= 0.3 is 0 Å². The van der Waals surface area contributed by atoms with Crippen molar-refractivity contribution in [1.29, 1.82) is 5.26 Å². The third-order valence-corrected chi connectivity index (χ3v) is 3.71. The summed E-state index contributed by atoms with van der Waals surface area (Å²) in [4.78, 5) is 27.0. The van der Waals surface area contributed by atoms with E-state index in [1.54, 1.807) is 23.5 Å². The number of nitrogens with zero attached hydrogens (tertiary/aromatic N) is 5. The van der Waals surface area contributed by atoms with Gasteiger partial charge in [0.1, 0.15) is 17.6 Å². The molecule has 2 N–H and O–H groups in total. The van der Waals surface area contributed by atoms with Crippen molar-refractivity contribution in [2.24, 2.45) is 0 Å². The quantitative estimate of drug-likeness (QED) is 0.808. The average Bonchev–Trinajstić information content (AvgIpc) is 2.98. The van der Waals surface area contributed by atoms with Crippen LogP contribution in [0.25, 0.3) is 0 Å². The molecule has 1 unspecified atom stereocenters. The maximum absolute atomic E-state index is 12.5. The van der Waals surface area contributed by atoms with Crippen LogP contribution in [0.15, 0.2) is 30.9 Å². The molecular weight excluding hydrogens is 296 g/mol. The highest BCUT2D eigenvalue weighted by Gasteiger charge is 2.26. The van der Waals surface area contributed by atoms with Crippen LogP contribution in [0.5, 0.6) is 0 Å². The van der Waals surface area contributed by atoms with Gasteiger partial charge < -0.3 is 19.9 Å². The molecule has 0 spiro atoms. The Hall–Kier alpha value is -2.92. The van der Waals surface area contributed by atoms with E-state index in [0.29, 0.717) is 36.7 Å². The number of aromatic amines is 1. The lowest BCUT2D eigenvalue weighted by Crippen LogP contribution is -2.37. The van der Waals surface area contributed by atoms with Gasteiger partial charge in [-0.05, 0) is 6.07 Å². The van der Waals surface area contributed by atoms with Crippen LogP contribution < -0.4 is 4.90 Å². The fourth-order valence-electron chi connectivity index (χ4n) is 2.59. The minimum Gasteiger partial charge on any atom is -0.389 e. The number of nitrogens with one attached hydrogen (secondary N) is 1. The van der Waals surface area contributed by atoms with Crippen LogP contribution in [-0.2, 0) is 0 Å². The summed E-state index contributed by atoms with van der Waals surface area (Å²) in [5, 5.41) is 19.0. The number of hydrogen-bond acceptors (Lipinski definition) is 6. The lowest BCUT2D eigenvalue weighted by atomic mass is 10.2. The van der Waals surface area contributed by atoms with Crippen molar-refractivity contribution in [3.05, 3.63) is 42.1 Å². The summed E-state index contributed by atoms with van der Waals surface area (Å²) in [5.41, 5.74) is 0.756. The summed E-state index contributed by atoms with van der Waals surface area (Å²) in [5.74, 6) is 0.444. The third kappa shape index (κ3) is 3.30. The molecule has 0 aromatic carbocycles. The fourth-order valence-corrected chi connectivity index (χ4v) is 2.59. The van der Waals surface area contributed by atoms with Gasteiger partial charge in [-0.25, -0.2) is 4.98 Å². The number of aliphatic hydroxyl groups excluding tert-OH is 1. The molecule has 8 heteroatoms. The Kier molecular flexibility index (Phi) is 4.21. The van der Waals surface area contributed by atoms with E-state index in [1.165, 1.54) is 12.3 Å². The minimum atomic E-state index is -0.686. The van der Waals surface area contributed by atoms with Gasteiger partial charge in [0.25, 0.3) is 5.91 Å². The molecule has 2 aromatic heterocycles. The maximum Gasteiger partial charge on any atom is 0.270 e. The molecule has 1 aliphatic heterocycles. The van der Waals surface area contributed by atoms with Crippen LogP contribution in [0.4, 0.5) is 5.82 Å². The van der Waals surface area contributed by atoms with Gasteiger partial charge in [-0.1, -0.05) is 0 Å². The van der Waals surface area contributed by atoms with Crippen LogP contribution in [0, 0.1) is 11.3 Å². The van der Waals surface area contributed by atoms with Gasteiger partial charge in [0.2, 0.25) is 0 Å². The molecule has 3 heterocycles. The van der Waals surface area contributed by atoms with Crippen LogP contribution in [0.2, 0.25) is 0 Å². The maximum atomic E-state index is 12.5. The van der Waals surface area contributed by atoms with Crippen molar-refractivity contribution in [3.8, 4) is 6.07 Å². The van der Waals surface area contributed by atoms with E-state index < -0.39 is 6.10 Å². The number of anilines is 1. The molecule has 2 aromatic rings. The Morgan fingerprint density at radius 3 is 2.96 bits per heavy atom. The van der Waals surface area contributed by atoms with Crippen molar-refractivity contribution < 1.29 is 9.90 Å². The predicted octanol–water partition coefficient (Wildman–Crippen LogP) is -0.000320. The number of nitriles is 1. The molecule has 3 rings (SSSR count). The van der Waals surface area contributed by atoms with E-state index in [9.17, 15) is 9.90 Å². The molecule has 23 heavy (non-hydrogen) atoms. The average molecular weight is 312 g/mol. The lowest BCUT2D eigenvalue weighted by molar-refractivity contribution is 0.0669.